The van der Waals surface area contributed by atoms with Crippen LogP contribution < -0.4 is 15.8 Å². The van der Waals surface area contributed by atoms with Gasteiger partial charge in [-0.05, 0) is 26.0 Å². The Balaban J connectivity index is 2.38. The molecule has 0 aliphatic heterocycles. The molecule has 0 atom stereocenters. The number of ether oxygens (including phenoxy) is 1. The second kappa shape index (κ2) is 8.76. The molecule has 1 heterocycles. The van der Waals surface area contributed by atoms with E-state index < -0.39 is 0 Å². The summed E-state index contributed by atoms with van der Waals surface area (Å²) in [5, 5.41) is 11.7. The van der Waals surface area contributed by atoms with Gasteiger partial charge in [0.15, 0.2) is 0 Å². The average Bonchev–Trinajstić information content (AvgIpc) is 2.32. The molecule has 0 aliphatic rings. The number of aromatic nitrogens is 3. The summed E-state index contributed by atoms with van der Waals surface area (Å²) in [5.41, 5.74) is 5.59. The van der Waals surface area contributed by atoms with Crippen LogP contribution in [0.1, 0.15) is 20.3 Å². The summed E-state index contributed by atoms with van der Waals surface area (Å²) in [6.45, 7) is 4.75. The Morgan fingerprint density at radius 2 is 2.11 bits per heavy atom. The van der Waals surface area contributed by atoms with E-state index in [1.165, 1.54) is 0 Å². The van der Waals surface area contributed by atoms with Crippen LogP contribution in [0.5, 0.6) is 6.01 Å². The van der Waals surface area contributed by atoms with Crippen LogP contribution in [0.2, 0.25) is 0 Å². The molecule has 0 saturated carbocycles. The zero-order valence-electron chi connectivity index (χ0n) is 11.3. The van der Waals surface area contributed by atoms with Crippen molar-refractivity contribution in [3.63, 3.8) is 0 Å². The Kier molecular flexibility index (Phi) is 7.27. The molecule has 7 nitrogen and oxygen atoms in total. The molecule has 0 spiro atoms. The molecule has 0 aliphatic carbocycles. The minimum absolute atomic E-state index is 0.0105. The fourth-order valence-corrected chi connectivity index (χ4v) is 2.00. The predicted octanol–water partition coefficient (Wildman–Crippen LogP) is 0.768. The zero-order valence-corrected chi connectivity index (χ0v) is 12.1. The molecule has 1 aromatic rings. The number of nitrogens with two attached hydrogens (primary N) is 1. The molecule has 4 N–H and O–H groups in total. The summed E-state index contributed by atoms with van der Waals surface area (Å²) in [6.07, 6.45) is 0.805. The van der Waals surface area contributed by atoms with E-state index in [2.05, 4.69) is 20.3 Å². The third kappa shape index (κ3) is 7.02. The molecule has 0 aromatic carbocycles. The third-order valence-electron chi connectivity index (χ3n) is 1.95. The Morgan fingerprint density at radius 3 is 2.79 bits per heavy atom. The van der Waals surface area contributed by atoms with Gasteiger partial charge in [0.2, 0.25) is 11.9 Å². The van der Waals surface area contributed by atoms with Crippen LogP contribution >= 0.6 is 11.8 Å². The first-order valence-corrected chi connectivity index (χ1v) is 7.38. The number of nitrogens with zero attached hydrogens (tertiary/aromatic N) is 3. The van der Waals surface area contributed by atoms with Gasteiger partial charge in [0.05, 0.1) is 6.10 Å². The third-order valence-corrected chi connectivity index (χ3v) is 3.02. The maximum Gasteiger partial charge on any atom is 0.323 e. The molecule has 0 amide bonds. The lowest BCUT2D eigenvalue weighted by atomic mass is 10.5. The van der Waals surface area contributed by atoms with Crippen LogP contribution in [0.25, 0.3) is 0 Å². The van der Waals surface area contributed by atoms with Gasteiger partial charge >= 0.3 is 6.01 Å². The number of rotatable bonds is 9. The van der Waals surface area contributed by atoms with E-state index in [4.69, 9.17) is 15.6 Å². The number of nitrogens with one attached hydrogen (secondary N) is 1. The van der Waals surface area contributed by atoms with Crippen LogP contribution in [0.15, 0.2) is 0 Å². The predicted molar refractivity (Wildman–Crippen MR) is 77.5 cm³/mol. The van der Waals surface area contributed by atoms with Crippen molar-refractivity contribution in [3.8, 4) is 6.01 Å². The van der Waals surface area contributed by atoms with Crippen LogP contribution in [0.3, 0.4) is 0 Å². The lowest BCUT2D eigenvalue weighted by molar-refractivity contribution is 0.222. The molecule has 0 saturated heterocycles. The van der Waals surface area contributed by atoms with Gasteiger partial charge in [-0.25, -0.2) is 0 Å². The van der Waals surface area contributed by atoms with Crippen molar-refractivity contribution < 1.29 is 9.84 Å². The van der Waals surface area contributed by atoms with Crippen molar-refractivity contribution in [1.82, 2.24) is 15.0 Å². The number of anilines is 2. The van der Waals surface area contributed by atoms with Crippen molar-refractivity contribution in [2.45, 2.75) is 26.4 Å². The van der Waals surface area contributed by atoms with Gasteiger partial charge < -0.3 is 20.9 Å². The van der Waals surface area contributed by atoms with Gasteiger partial charge in [0.25, 0.3) is 0 Å². The van der Waals surface area contributed by atoms with E-state index in [0.717, 1.165) is 24.5 Å². The van der Waals surface area contributed by atoms with E-state index in [0.29, 0.717) is 5.95 Å². The van der Waals surface area contributed by atoms with E-state index in [1.54, 1.807) is 11.8 Å². The molecule has 0 unspecified atom stereocenters. The van der Waals surface area contributed by atoms with E-state index >= 15 is 0 Å². The fraction of sp³-hybridized carbons (Fsp3) is 0.727. The first-order chi connectivity index (χ1) is 9.11. The van der Waals surface area contributed by atoms with E-state index in [9.17, 15) is 0 Å². The van der Waals surface area contributed by atoms with Gasteiger partial charge in [0.1, 0.15) is 0 Å². The monoisotopic (exact) mass is 287 g/mol. The second-order valence-electron chi connectivity index (χ2n) is 4.08. The van der Waals surface area contributed by atoms with Gasteiger partial charge in [-0.15, -0.1) is 0 Å². The van der Waals surface area contributed by atoms with Crippen LogP contribution in [-0.4, -0.2) is 50.8 Å². The SMILES string of the molecule is CC(C)Oc1nc(N)nc(NCCSCCCO)n1. The summed E-state index contributed by atoms with van der Waals surface area (Å²) in [6, 6.07) is 0.234. The second-order valence-corrected chi connectivity index (χ2v) is 5.31. The maximum absolute atomic E-state index is 8.65. The van der Waals surface area contributed by atoms with Crippen molar-refractivity contribution in [2.24, 2.45) is 0 Å². The lowest BCUT2D eigenvalue weighted by Crippen LogP contribution is -2.14. The van der Waals surface area contributed by atoms with Crippen LogP contribution in [-0.2, 0) is 0 Å². The standard InChI is InChI=1S/C11H21N5O2S/c1-8(2)18-11-15-9(12)14-10(16-11)13-4-7-19-6-3-5-17/h8,17H,3-7H2,1-2H3,(H3,12,13,14,15,16). The van der Waals surface area contributed by atoms with Gasteiger partial charge in [-0.3, -0.25) is 0 Å². The van der Waals surface area contributed by atoms with Gasteiger partial charge in [0, 0.05) is 18.9 Å². The number of aliphatic hydroxyl groups is 1. The fourth-order valence-electron chi connectivity index (χ4n) is 1.22. The smallest absolute Gasteiger partial charge is 0.323 e. The molecule has 108 valence electrons. The van der Waals surface area contributed by atoms with Gasteiger partial charge in [-0.2, -0.15) is 26.7 Å². The van der Waals surface area contributed by atoms with Crippen molar-refractivity contribution in [2.75, 3.05) is 35.7 Å². The Hall–Kier alpha value is -1.28. The minimum Gasteiger partial charge on any atom is -0.461 e. The first kappa shape index (κ1) is 15.8. The molecule has 0 fully saturated rings. The maximum atomic E-state index is 8.65. The molecule has 0 radical (unpaired) electrons. The molecule has 1 aromatic heterocycles. The van der Waals surface area contributed by atoms with Crippen molar-refractivity contribution in [3.05, 3.63) is 0 Å². The number of thioether (sulfide) groups is 1. The Bertz CT molecular complexity index is 378. The molecular formula is C11H21N5O2S. The topological polar surface area (TPSA) is 106 Å². The molecule has 1 rings (SSSR count). The summed E-state index contributed by atoms with van der Waals surface area (Å²) >= 11 is 1.76. The lowest BCUT2D eigenvalue weighted by Gasteiger charge is -2.10. The average molecular weight is 287 g/mol. The summed E-state index contributed by atoms with van der Waals surface area (Å²) in [5.74, 6) is 2.41. The highest BCUT2D eigenvalue weighted by atomic mass is 32.2. The first-order valence-electron chi connectivity index (χ1n) is 6.22. The molecule has 8 heteroatoms. The zero-order chi connectivity index (χ0) is 14.1. The quantitative estimate of drug-likeness (QED) is 0.572. The normalized spacial score (nSPS) is 10.7. The molecular weight excluding hydrogens is 266 g/mol. The number of hydrogen-bond donors (Lipinski definition) is 3. The highest BCUT2D eigenvalue weighted by Crippen LogP contribution is 2.10. The van der Waals surface area contributed by atoms with Crippen LogP contribution in [0.4, 0.5) is 11.9 Å². The molecule has 0 bridgehead atoms. The highest BCUT2D eigenvalue weighted by molar-refractivity contribution is 7.99. The van der Waals surface area contributed by atoms with Crippen molar-refractivity contribution in [1.29, 1.82) is 0 Å². The van der Waals surface area contributed by atoms with Crippen LogP contribution in [0, 0.1) is 0 Å². The summed E-state index contributed by atoms with van der Waals surface area (Å²) in [4.78, 5) is 12.0. The molecule has 19 heavy (non-hydrogen) atoms. The summed E-state index contributed by atoms with van der Waals surface area (Å²) < 4.78 is 5.38. The van der Waals surface area contributed by atoms with E-state index in [-0.39, 0.29) is 24.7 Å². The number of nitrogen functional groups attached to an aromatic ring is 1. The number of hydrogen-bond acceptors (Lipinski definition) is 8. The largest absolute Gasteiger partial charge is 0.461 e. The van der Waals surface area contributed by atoms with Crippen molar-refractivity contribution >= 4 is 23.7 Å². The summed E-state index contributed by atoms with van der Waals surface area (Å²) in [7, 11) is 0. The van der Waals surface area contributed by atoms with E-state index in [1.807, 2.05) is 13.8 Å². The minimum atomic E-state index is -0.0105. The Morgan fingerprint density at radius 1 is 1.32 bits per heavy atom. The van der Waals surface area contributed by atoms with Gasteiger partial charge in [-0.1, -0.05) is 0 Å². The highest BCUT2D eigenvalue weighted by Gasteiger charge is 2.06. The Labute approximate surface area is 117 Å². The number of aliphatic hydroxyl groups excluding tert-OH is 1.